The van der Waals surface area contributed by atoms with Crippen LogP contribution in [-0.2, 0) is 16.6 Å². The van der Waals surface area contributed by atoms with E-state index >= 15 is 0 Å². The fourth-order valence-corrected chi connectivity index (χ4v) is 4.69. The number of carbonyl (C=O) groups excluding carboxylic acids is 1. The average Bonchev–Trinajstić information content (AvgIpc) is 2.80. The highest BCUT2D eigenvalue weighted by Crippen LogP contribution is 2.31. The third-order valence-corrected chi connectivity index (χ3v) is 6.68. The van der Waals surface area contributed by atoms with Crippen molar-refractivity contribution in [1.82, 2.24) is 9.80 Å². The summed E-state index contributed by atoms with van der Waals surface area (Å²) in [5, 5.41) is 9.79. The summed E-state index contributed by atoms with van der Waals surface area (Å²) in [6.07, 6.45) is 0.811. The summed E-state index contributed by atoms with van der Waals surface area (Å²) in [6, 6.07) is 12.2. The number of anilines is 1. The maximum atomic E-state index is 13.4. The van der Waals surface area contributed by atoms with Crippen LogP contribution in [0.25, 0.3) is 0 Å². The number of nitrogens with zero attached hydrogens (tertiary/aromatic N) is 2. The molecule has 1 heterocycles. The van der Waals surface area contributed by atoms with Crippen molar-refractivity contribution in [3.63, 3.8) is 0 Å². The smallest absolute Gasteiger partial charge is 0.258 e. The lowest BCUT2D eigenvalue weighted by Crippen LogP contribution is -2.49. The minimum atomic E-state index is -3.51. The van der Waals surface area contributed by atoms with Gasteiger partial charge in [-0.05, 0) is 49.9 Å². The summed E-state index contributed by atoms with van der Waals surface area (Å²) < 4.78 is 37.4. The molecule has 0 radical (unpaired) electrons. The van der Waals surface area contributed by atoms with E-state index in [9.17, 15) is 18.3 Å². The molecule has 3 rings (SSSR count). The Morgan fingerprint density at radius 3 is 2.54 bits per heavy atom. The molecule has 0 aliphatic carbocycles. The van der Waals surface area contributed by atoms with Gasteiger partial charge >= 0.3 is 0 Å². The first-order valence-electron chi connectivity index (χ1n) is 11.5. The van der Waals surface area contributed by atoms with E-state index in [-0.39, 0.29) is 35.8 Å². The number of aliphatic hydroxyl groups excluding tert-OH is 1. The van der Waals surface area contributed by atoms with E-state index in [0.29, 0.717) is 25.4 Å². The quantitative estimate of drug-likeness (QED) is 0.539. The molecule has 0 unspecified atom stereocenters. The minimum Gasteiger partial charge on any atom is -0.497 e. The Morgan fingerprint density at radius 1 is 1.26 bits per heavy atom. The molecule has 1 amide bonds. The minimum absolute atomic E-state index is 0.0201. The summed E-state index contributed by atoms with van der Waals surface area (Å²) >= 11 is 0. The maximum absolute atomic E-state index is 13.4. The van der Waals surface area contributed by atoms with E-state index in [0.717, 1.165) is 17.6 Å². The summed E-state index contributed by atoms with van der Waals surface area (Å²) in [5.41, 5.74) is 1.67. The van der Waals surface area contributed by atoms with Crippen LogP contribution in [0.15, 0.2) is 42.5 Å². The third kappa shape index (κ3) is 7.09. The summed E-state index contributed by atoms with van der Waals surface area (Å²) in [7, 11) is 0.137. The van der Waals surface area contributed by atoms with Crippen molar-refractivity contribution in [2.45, 2.75) is 32.5 Å². The van der Waals surface area contributed by atoms with E-state index in [4.69, 9.17) is 9.47 Å². The van der Waals surface area contributed by atoms with Gasteiger partial charge in [0.15, 0.2) is 0 Å². The van der Waals surface area contributed by atoms with Gasteiger partial charge in [0.2, 0.25) is 10.0 Å². The molecule has 0 saturated carbocycles. The summed E-state index contributed by atoms with van der Waals surface area (Å²) in [4.78, 5) is 17.2. The molecule has 0 aromatic heterocycles. The summed E-state index contributed by atoms with van der Waals surface area (Å²) in [6.45, 7) is 5.33. The number of rotatable bonds is 9. The predicted octanol–water partition coefficient (Wildman–Crippen LogP) is 2.42. The fourth-order valence-electron chi connectivity index (χ4n) is 4.13. The number of methoxy groups -OCH3 is 1. The Labute approximate surface area is 207 Å². The van der Waals surface area contributed by atoms with Crippen LogP contribution in [0, 0.1) is 5.92 Å². The van der Waals surface area contributed by atoms with Gasteiger partial charge in [-0.25, -0.2) is 8.42 Å². The molecule has 2 aromatic rings. The highest BCUT2D eigenvalue weighted by molar-refractivity contribution is 7.92. The van der Waals surface area contributed by atoms with Crippen molar-refractivity contribution in [1.29, 1.82) is 0 Å². The number of aliphatic hydroxyl groups is 1. The van der Waals surface area contributed by atoms with Gasteiger partial charge in [-0.2, -0.15) is 0 Å². The van der Waals surface area contributed by atoms with Crippen molar-refractivity contribution in [3.05, 3.63) is 53.6 Å². The molecular weight excluding hydrogens is 470 g/mol. The third-order valence-electron chi connectivity index (χ3n) is 6.07. The van der Waals surface area contributed by atoms with Crippen molar-refractivity contribution >= 4 is 21.6 Å². The molecule has 10 heteroatoms. The molecular formula is C25H35N3O6S. The number of sulfonamides is 1. The first-order chi connectivity index (χ1) is 16.5. The number of nitrogens with one attached hydrogen (secondary N) is 1. The van der Waals surface area contributed by atoms with Crippen LogP contribution in [0.4, 0.5) is 5.69 Å². The van der Waals surface area contributed by atoms with Crippen LogP contribution in [0.5, 0.6) is 11.5 Å². The first-order valence-corrected chi connectivity index (χ1v) is 13.4. The topological polar surface area (TPSA) is 108 Å². The Hall–Kier alpha value is -2.82. The Bertz CT molecular complexity index is 1120. The molecule has 1 aliphatic heterocycles. The molecule has 35 heavy (non-hydrogen) atoms. The normalized spacial score (nSPS) is 19.4. The van der Waals surface area contributed by atoms with E-state index in [1.807, 2.05) is 38.2 Å². The van der Waals surface area contributed by atoms with Gasteiger partial charge in [-0.1, -0.05) is 19.1 Å². The van der Waals surface area contributed by atoms with Crippen molar-refractivity contribution < 1.29 is 27.8 Å². The molecule has 0 saturated heterocycles. The van der Waals surface area contributed by atoms with Gasteiger partial charge < -0.3 is 19.5 Å². The first kappa shape index (κ1) is 26.8. The number of ether oxygens (including phenoxy) is 2. The van der Waals surface area contributed by atoms with Crippen molar-refractivity contribution in [3.8, 4) is 11.5 Å². The lowest BCUT2D eigenvalue weighted by molar-refractivity contribution is 0.0341. The number of likely N-dealkylation sites (N-methyl/N-ethyl adjacent to an activating group) is 1. The predicted molar refractivity (Wildman–Crippen MR) is 135 cm³/mol. The number of benzene rings is 2. The number of hydrogen-bond acceptors (Lipinski definition) is 7. The van der Waals surface area contributed by atoms with Crippen LogP contribution in [0.2, 0.25) is 0 Å². The molecule has 0 bridgehead atoms. The molecule has 2 N–H and O–H groups in total. The lowest BCUT2D eigenvalue weighted by Gasteiger charge is -2.38. The Morgan fingerprint density at radius 2 is 1.94 bits per heavy atom. The van der Waals surface area contributed by atoms with Crippen LogP contribution in [0.1, 0.15) is 29.8 Å². The molecule has 0 spiro atoms. The number of fused-ring (bicyclic) bond motifs is 1. The highest BCUT2D eigenvalue weighted by Gasteiger charge is 2.33. The van der Waals surface area contributed by atoms with Crippen LogP contribution >= 0.6 is 0 Å². The van der Waals surface area contributed by atoms with Crippen molar-refractivity contribution in [2.24, 2.45) is 5.92 Å². The molecule has 2 aromatic carbocycles. The zero-order valence-electron chi connectivity index (χ0n) is 20.9. The van der Waals surface area contributed by atoms with E-state index < -0.39 is 16.1 Å². The monoisotopic (exact) mass is 505 g/mol. The van der Waals surface area contributed by atoms with Gasteiger partial charge in [0.25, 0.3) is 5.91 Å². The molecule has 1 aliphatic rings. The summed E-state index contributed by atoms with van der Waals surface area (Å²) in [5.74, 6) is 0.861. The molecule has 192 valence electrons. The zero-order valence-corrected chi connectivity index (χ0v) is 21.7. The van der Waals surface area contributed by atoms with E-state index in [2.05, 4.69) is 9.62 Å². The van der Waals surface area contributed by atoms with E-state index in [1.54, 1.807) is 31.1 Å². The second-order valence-electron chi connectivity index (χ2n) is 9.25. The SMILES string of the molecule is COc1ccc(CN(C)C[C@@H]2Oc3ccc(NS(C)(=O)=O)cc3C(=O)N([C@H](C)CO)C[C@H]2C)cc1. The van der Waals surface area contributed by atoms with Gasteiger partial charge in [-0.3, -0.25) is 14.4 Å². The highest BCUT2D eigenvalue weighted by atomic mass is 32.2. The van der Waals surface area contributed by atoms with Crippen LogP contribution < -0.4 is 14.2 Å². The number of hydrogen-bond donors (Lipinski definition) is 2. The van der Waals surface area contributed by atoms with Gasteiger partial charge in [0.05, 0.1) is 31.6 Å². The fraction of sp³-hybridized carbons (Fsp3) is 0.480. The largest absolute Gasteiger partial charge is 0.497 e. The molecule has 9 nitrogen and oxygen atoms in total. The Kier molecular flexibility index (Phi) is 8.63. The number of amides is 1. The second-order valence-corrected chi connectivity index (χ2v) is 11.0. The van der Waals surface area contributed by atoms with Crippen molar-refractivity contribution in [2.75, 3.05) is 44.8 Å². The Balaban J connectivity index is 1.88. The standard InChI is InChI=1S/C25H35N3O6S/c1-17-13-28(18(2)16-29)25(30)22-12-20(26-35(5,31)32)8-11-23(22)34-24(17)15-27(3)14-19-6-9-21(33-4)10-7-19/h6-12,17-18,24,26,29H,13-16H2,1-5H3/t17-,18-,24+/m1/s1. The average molecular weight is 506 g/mol. The van der Waals surface area contributed by atoms with Gasteiger partial charge in [0, 0.05) is 31.2 Å². The van der Waals surface area contributed by atoms with Crippen LogP contribution in [0.3, 0.4) is 0 Å². The van der Waals surface area contributed by atoms with Gasteiger partial charge in [-0.15, -0.1) is 0 Å². The number of carbonyl (C=O) groups is 1. The zero-order chi connectivity index (χ0) is 25.8. The lowest BCUT2D eigenvalue weighted by atomic mass is 9.99. The maximum Gasteiger partial charge on any atom is 0.258 e. The van der Waals surface area contributed by atoms with Gasteiger partial charge in [0.1, 0.15) is 17.6 Å². The molecule has 3 atom stereocenters. The van der Waals surface area contributed by atoms with Crippen LogP contribution in [-0.4, -0.2) is 81.5 Å². The molecule has 0 fully saturated rings. The second kappa shape index (κ2) is 11.3. The van der Waals surface area contributed by atoms with E-state index in [1.165, 1.54) is 6.07 Å².